The van der Waals surface area contributed by atoms with Crippen molar-refractivity contribution in [3.63, 3.8) is 0 Å². The molecule has 0 saturated carbocycles. The average molecular weight is 320 g/mol. The highest BCUT2D eigenvalue weighted by molar-refractivity contribution is 6.00. The fourth-order valence-electron chi connectivity index (χ4n) is 2.78. The van der Waals surface area contributed by atoms with Crippen molar-refractivity contribution < 1.29 is 14.3 Å². The quantitative estimate of drug-likeness (QED) is 0.805. The molecule has 1 amide bonds. The number of carbonyl (C=O) groups is 1. The maximum Gasteiger partial charge on any atom is 0.228 e. The van der Waals surface area contributed by atoms with Crippen molar-refractivity contribution in [2.24, 2.45) is 0 Å². The summed E-state index contributed by atoms with van der Waals surface area (Å²) in [6.07, 6.45) is 1.98. The molecule has 0 atom stereocenters. The van der Waals surface area contributed by atoms with Gasteiger partial charge in [-0.15, -0.1) is 0 Å². The topological polar surface area (TPSA) is 60.5 Å². The lowest BCUT2D eigenvalue weighted by Crippen LogP contribution is -2.17. The van der Waals surface area contributed by atoms with Crippen LogP contribution in [-0.2, 0) is 11.2 Å². The van der Waals surface area contributed by atoms with Crippen LogP contribution in [0.25, 0.3) is 10.9 Å². The van der Waals surface area contributed by atoms with Crippen molar-refractivity contribution in [3.8, 4) is 11.5 Å². The minimum atomic E-state index is -0.0927. The third kappa shape index (κ3) is 2.88. The largest absolute Gasteiger partial charge is 0.486 e. The molecule has 0 saturated heterocycles. The van der Waals surface area contributed by atoms with Crippen LogP contribution in [0.5, 0.6) is 11.5 Å². The first-order chi connectivity index (χ1) is 11.8. The van der Waals surface area contributed by atoms with Crippen LogP contribution in [0.4, 0.5) is 5.69 Å². The first kappa shape index (κ1) is 14.5. The molecular formula is C19H16N2O3. The lowest BCUT2D eigenvalue weighted by atomic mass is 10.1. The Morgan fingerprint density at radius 2 is 1.88 bits per heavy atom. The zero-order valence-corrected chi connectivity index (χ0v) is 13.0. The molecule has 2 heterocycles. The van der Waals surface area contributed by atoms with Gasteiger partial charge in [0, 0.05) is 11.6 Å². The second kappa shape index (κ2) is 6.20. The molecule has 2 aromatic carbocycles. The van der Waals surface area contributed by atoms with Crippen LogP contribution in [-0.4, -0.2) is 24.1 Å². The maximum absolute atomic E-state index is 12.4. The summed E-state index contributed by atoms with van der Waals surface area (Å²) in [5.41, 5.74) is 2.39. The zero-order valence-electron chi connectivity index (χ0n) is 13.0. The SMILES string of the molecule is O=C(Cc1ccc2c(c1)OCCO2)Nc1cccc2cccnc12. The Morgan fingerprint density at radius 3 is 2.79 bits per heavy atom. The van der Waals surface area contributed by atoms with Gasteiger partial charge in [0.25, 0.3) is 0 Å². The fraction of sp³-hybridized carbons (Fsp3) is 0.158. The van der Waals surface area contributed by atoms with Gasteiger partial charge in [0.05, 0.1) is 17.6 Å². The number of ether oxygens (including phenoxy) is 2. The molecule has 0 aliphatic carbocycles. The van der Waals surface area contributed by atoms with Gasteiger partial charge in [-0.3, -0.25) is 9.78 Å². The summed E-state index contributed by atoms with van der Waals surface area (Å²) >= 11 is 0. The van der Waals surface area contributed by atoms with Gasteiger partial charge in [0.15, 0.2) is 11.5 Å². The lowest BCUT2D eigenvalue weighted by molar-refractivity contribution is -0.115. The van der Waals surface area contributed by atoms with Crippen LogP contribution >= 0.6 is 0 Å². The predicted molar refractivity (Wildman–Crippen MR) is 91.5 cm³/mol. The maximum atomic E-state index is 12.4. The van der Waals surface area contributed by atoms with E-state index >= 15 is 0 Å². The highest BCUT2D eigenvalue weighted by atomic mass is 16.6. The first-order valence-electron chi connectivity index (χ1n) is 7.82. The van der Waals surface area contributed by atoms with Gasteiger partial charge >= 0.3 is 0 Å². The number of rotatable bonds is 3. The van der Waals surface area contributed by atoms with E-state index in [1.54, 1.807) is 6.20 Å². The summed E-state index contributed by atoms with van der Waals surface area (Å²) in [6.45, 7) is 1.09. The van der Waals surface area contributed by atoms with Gasteiger partial charge in [-0.05, 0) is 29.8 Å². The molecule has 0 bridgehead atoms. The standard InChI is InChI=1S/C19H16N2O3/c22-18(12-13-6-7-16-17(11-13)24-10-9-23-16)21-15-5-1-3-14-4-2-8-20-19(14)15/h1-8,11H,9-10,12H2,(H,21,22). The molecule has 0 unspecified atom stereocenters. The Kier molecular flexibility index (Phi) is 3.75. The number of hydrogen-bond acceptors (Lipinski definition) is 4. The van der Waals surface area contributed by atoms with Crippen molar-refractivity contribution in [2.45, 2.75) is 6.42 Å². The lowest BCUT2D eigenvalue weighted by Gasteiger charge is -2.18. The van der Waals surface area contributed by atoms with E-state index in [-0.39, 0.29) is 12.3 Å². The van der Waals surface area contributed by atoms with Crippen molar-refractivity contribution in [1.82, 2.24) is 4.98 Å². The van der Waals surface area contributed by atoms with E-state index in [1.807, 2.05) is 48.5 Å². The highest BCUT2D eigenvalue weighted by Crippen LogP contribution is 2.31. The van der Waals surface area contributed by atoms with E-state index in [4.69, 9.17) is 9.47 Å². The van der Waals surface area contributed by atoms with Crippen LogP contribution in [0.3, 0.4) is 0 Å². The summed E-state index contributed by atoms with van der Waals surface area (Å²) in [7, 11) is 0. The van der Waals surface area contributed by atoms with Crippen LogP contribution < -0.4 is 14.8 Å². The Morgan fingerprint density at radius 1 is 1.04 bits per heavy atom. The molecule has 4 rings (SSSR count). The molecule has 0 fully saturated rings. The fourth-order valence-corrected chi connectivity index (χ4v) is 2.78. The van der Waals surface area contributed by atoms with Crippen LogP contribution in [0.2, 0.25) is 0 Å². The van der Waals surface area contributed by atoms with Crippen LogP contribution in [0, 0.1) is 0 Å². The molecule has 5 heteroatoms. The molecule has 1 aliphatic heterocycles. The van der Waals surface area contributed by atoms with Gasteiger partial charge in [-0.25, -0.2) is 0 Å². The number of hydrogen-bond donors (Lipinski definition) is 1. The summed E-state index contributed by atoms with van der Waals surface area (Å²) in [5, 5.41) is 3.93. The number of benzene rings is 2. The van der Waals surface area contributed by atoms with Gasteiger partial charge in [-0.2, -0.15) is 0 Å². The van der Waals surface area contributed by atoms with Gasteiger partial charge < -0.3 is 14.8 Å². The third-order valence-electron chi connectivity index (χ3n) is 3.88. The minimum Gasteiger partial charge on any atom is -0.486 e. The number of nitrogens with one attached hydrogen (secondary N) is 1. The molecule has 5 nitrogen and oxygen atoms in total. The summed E-state index contributed by atoms with van der Waals surface area (Å²) in [6, 6.07) is 15.2. The average Bonchev–Trinajstić information content (AvgIpc) is 2.62. The molecule has 3 aromatic rings. The number of anilines is 1. The molecular weight excluding hydrogens is 304 g/mol. The number of carbonyl (C=O) groups excluding carboxylic acids is 1. The Bertz CT molecular complexity index is 903. The van der Waals surface area contributed by atoms with Gasteiger partial charge in [0.2, 0.25) is 5.91 Å². The van der Waals surface area contributed by atoms with Crippen molar-refractivity contribution >= 4 is 22.5 Å². The van der Waals surface area contributed by atoms with E-state index < -0.39 is 0 Å². The van der Waals surface area contributed by atoms with Crippen molar-refractivity contribution in [2.75, 3.05) is 18.5 Å². The first-order valence-corrected chi connectivity index (χ1v) is 7.82. The second-order valence-electron chi connectivity index (χ2n) is 5.58. The second-order valence-corrected chi connectivity index (χ2v) is 5.58. The predicted octanol–water partition coefficient (Wildman–Crippen LogP) is 3.19. The van der Waals surface area contributed by atoms with E-state index in [0.717, 1.165) is 27.9 Å². The molecule has 120 valence electrons. The number of pyridine rings is 1. The third-order valence-corrected chi connectivity index (χ3v) is 3.88. The van der Waals surface area contributed by atoms with E-state index in [9.17, 15) is 4.79 Å². The Balaban J connectivity index is 1.52. The van der Waals surface area contributed by atoms with Crippen molar-refractivity contribution in [1.29, 1.82) is 0 Å². The Labute approximate surface area is 139 Å². The number of aromatic nitrogens is 1. The van der Waals surface area contributed by atoms with E-state index in [0.29, 0.717) is 19.0 Å². The molecule has 1 aromatic heterocycles. The molecule has 1 aliphatic rings. The zero-order chi connectivity index (χ0) is 16.4. The van der Waals surface area contributed by atoms with E-state index in [1.165, 1.54) is 0 Å². The number of fused-ring (bicyclic) bond motifs is 2. The number of amides is 1. The molecule has 1 N–H and O–H groups in total. The van der Waals surface area contributed by atoms with Gasteiger partial charge in [0.1, 0.15) is 13.2 Å². The number of para-hydroxylation sites is 1. The van der Waals surface area contributed by atoms with Gasteiger partial charge in [-0.1, -0.05) is 24.3 Å². The van der Waals surface area contributed by atoms with E-state index in [2.05, 4.69) is 10.3 Å². The van der Waals surface area contributed by atoms with Crippen LogP contribution in [0.15, 0.2) is 54.7 Å². The smallest absolute Gasteiger partial charge is 0.228 e. The minimum absolute atomic E-state index is 0.0927. The molecule has 0 radical (unpaired) electrons. The summed E-state index contributed by atoms with van der Waals surface area (Å²) < 4.78 is 11.0. The molecule has 24 heavy (non-hydrogen) atoms. The highest BCUT2D eigenvalue weighted by Gasteiger charge is 2.13. The Hall–Kier alpha value is -3.08. The normalized spacial score (nSPS) is 12.8. The molecule has 0 spiro atoms. The monoisotopic (exact) mass is 320 g/mol. The van der Waals surface area contributed by atoms with Crippen LogP contribution in [0.1, 0.15) is 5.56 Å². The number of nitrogens with zero attached hydrogens (tertiary/aromatic N) is 1. The summed E-state index contributed by atoms with van der Waals surface area (Å²) in [4.78, 5) is 16.7. The summed E-state index contributed by atoms with van der Waals surface area (Å²) in [5.74, 6) is 1.33. The van der Waals surface area contributed by atoms with Crippen molar-refractivity contribution in [3.05, 3.63) is 60.3 Å².